The molecule has 2 atom stereocenters. The van der Waals surface area contributed by atoms with Crippen LogP contribution in [0, 0.1) is 0 Å². The second-order valence-corrected chi connectivity index (χ2v) is 2.94. The van der Waals surface area contributed by atoms with Crippen LogP contribution >= 0.6 is 0 Å². The Hall–Kier alpha value is -0.610. The molecule has 0 aromatic heterocycles. The first-order chi connectivity index (χ1) is 5.88. The molecule has 2 unspecified atom stereocenters. The fraction of sp³-hybridized carbons (Fsp3) is 0.875. The summed E-state index contributed by atoms with van der Waals surface area (Å²) in [5.74, 6) is 0. The molecule has 1 fully saturated rings. The zero-order valence-corrected chi connectivity index (χ0v) is 7.38. The predicted octanol–water partition coefficient (Wildman–Crippen LogP) is -0.501. The Morgan fingerprint density at radius 2 is 2.50 bits per heavy atom. The molecule has 1 saturated heterocycles. The Kier molecular flexibility index (Phi) is 4.04. The van der Waals surface area contributed by atoms with Gasteiger partial charge in [-0.15, -0.1) is 0 Å². The van der Waals surface area contributed by atoms with E-state index in [2.05, 4.69) is 10.6 Å². The quantitative estimate of drug-likeness (QED) is 0.561. The molecule has 12 heavy (non-hydrogen) atoms. The number of nitrogens with one attached hydrogen (secondary N) is 2. The molecule has 0 aromatic carbocycles. The van der Waals surface area contributed by atoms with Gasteiger partial charge in [0.25, 0.3) is 6.47 Å². The standard InChI is InChI=1S/C8H16N2O2/c1-2-8(12-6-11)7-5-9-3-4-10-7/h6-10H,2-5H2,1H3. The van der Waals surface area contributed by atoms with E-state index in [1.165, 1.54) is 0 Å². The number of hydrogen-bond acceptors (Lipinski definition) is 4. The molecule has 1 rings (SSSR count). The summed E-state index contributed by atoms with van der Waals surface area (Å²) in [6.07, 6.45) is 0.869. The number of hydrogen-bond donors (Lipinski definition) is 2. The Balaban J connectivity index is 2.34. The summed E-state index contributed by atoms with van der Waals surface area (Å²) in [5, 5.41) is 6.56. The number of ether oxygens (including phenoxy) is 1. The van der Waals surface area contributed by atoms with Crippen molar-refractivity contribution in [2.45, 2.75) is 25.5 Å². The summed E-state index contributed by atoms with van der Waals surface area (Å²) in [5.41, 5.74) is 0. The van der Waals surface area contributed by atoms with Crippen molar-refractivity contribution < 1.29 is 9.53 Å². The molecular weight excluding hydrogens is 156 g/mol. The molecule has 0 amide bonds. The Morgan fingerprint density at radius 1 is 1.67 bits per heavy atom. The lowest BCUT2D eigenvalue weighted by molar-refractivity contribution is -0.135. The normalized spacial score (nSPS) is 26.2. The minimum atomic E-state index is 0.00954. The van der Waals surface area contributed by atoms with Crippen LogP contribution in [-0.2, 0) is 9.53 Å². The molecule has 0 bridgehead atoms. The van der Waals surface area contributed by atoms with E-state index >= 15 is 0 Å². The van der Waals surface area contributed by atoms with Crippen LogP contribution < -0.4 is 10.6 Å². The molecule has 0 saturated carbocycles. The largest absolute Gasteiger partial charge is 0.463 e. The summed E-state index contributed by atoms with van der Waals surface area (Å²) in [6.45, 7) is 5.37. The molecule has 0 aliphatic carbocycles. The lowest BCUT2D eigenvalue weighted by Gasteiger charge is -2.29. The monoisotopic (exact) mass is 172 g/mol. The number of rotatable bonds is 4. The first-order valence-electron chi connectivity index (χ1n) is 4.41. The van der Waals surface area contributed by atoms with Crippen molar-refractivity contribution >= 4 is 6.47 Å². The SMILES string of the molecule is CCC(OC=O)C1CNCCN1. The number of piperazine rings is 1. The molecule has 70 valence electrons. The van der Waals surface area contributed by atoms with E-state index < -0.39 is 0 Å². The summed E-state index contributed by atoms with van der Waals surface area (Å²) < 4.78 is 4.95. The summed E-state index contributed by atoms with van der Waals surface area (Å²) in [4.78, 5) is 10.1. The van der Waals surface area contributed by atoms with Gasteiger partial charge in [-0.3, -0.25) is 4.79 Å². The van der Waals surface area contributed by atoms with Crippen LogP contribution in [0.1, 0.15) is 13.3 Å². The minimum Gasteiger partial charge on any atom is -0.463 e. The van der Waals surface area contributed by atoms with E-state index in [1.807, 2.05) is 6.92 Å². The molecule has 0 radical (unpaired) electrons. The van der Waals surface area contributed by atoms with Gasteiger partial charge in [-0.1, -0.05) is 6.92 Å². The molecule has 0 spiro atoms. The third-order valence-corrected chi connectivity index (χ3v) is 2.15. The molecule has 1 heterocycles. The summed E-state index contributed by atoms with van der Waals surface area (Å²) >= 11 is 0. The highest BCUT2D eigenvalue weighted by molar-refractivity contribution is 5.37. The van der Waals surface area contributed by atoms with Gasteiger partial charge in [0.15, 0.2) is 0 Å². The van der Waals surface area contributed by atoms with Gasteiger partial charge in [0.05, 0.1) is 6.04 Å². The molecule has 4 heteroatoms. The average Bonchev–Trinajstić information content (AvgIpc) is 2.15. The van der Waals surface area contributed by atoms with Crippen molar-refractivity contribution in [2.75, 3.05) is 19.6 Å². The van der Waals surface area contributed by atoms with Crippen LogP contribution in [-0.4, -0.2) is 38.3 Å². The molecule has 1 aliphatic heterocycles. The highest BCUT2D eigenvalue weighted by atomic mass is 16.5. The Bertz CT molecular complexity index is 135. The van der Waals surface area contributed by atoms with Gasteiger partial charge < -0.3 is 15.4 Å². The third kappa shape index (κ3) is 2.46. The van der Waals surface area contributed by atoms with Crippen LogP contribution in [0.5, 0.6) is 0 Å². The molecular formula is C8H16N2O2. The van der Waals surface area contributed by atoms with Crippen molar-refractivity contribution in [3.8, 4) is 0 Å². The number of carbonyl (C=O) groups excluding carboxylic acids is 1. The zero-order chi connectivity index (χ0) is 8.81. The van der Waals surface area contributed by atoms with Gasteiger partial charge in [-0.2, -0.15) is 0 Å². The maximum atomic E-state index is 10.1. The highest BCUT2D eigenvalue weighted by Crippen LogP contribution is 2.04. The maximum Gasteiger partial charge on any atom is 0.293 e. The molecule has 2 N–H and O–H groups in total. The van der Waals surface area contributed by atoms with Crippen LogP contribution in [0.15, 0.2) is 0 Å². The summed E-state index contributed by atoms with van der Waals surface area (Å²) in [7, 11) is 0. The Labute approximate surface area is 72.7 Å². The van der Waals surface area contributed by atoms with Crippen molar-refractivity contribution in [3.63, 3.8) is 0 Å². The first kappa shape index (κ1) is 9.48. The third-order valence-electron chi connectivity index (χ3n) is 2.15. The van der Waals surface area contributed by atoms with E-state index in [0.29, 0.717) is 6.47 Å². The van der Waals surface area contributed by atoms with Crippen molar-refractivity contribution in [2.24, 2.45) is 0 Å². The minimum absolute atomic E-state index is 0.00954. The average molecular weight is 172 g/mol. The topological polar surface area (TPSA) is 50.4 Å². The lowest BCUT2D eigenvalue weighted by Crippen LogP contribution is -2.54. The van der Waals surface area contributed by atoms with Gasteiger partial charge in [0, 0.05) is 19.6 Å². The van der Waals surface area contributed by atoms with Gasteiger partial charge in [-0.05, 0) is 6.42 Å². The van der Waals surface area contributed by atoms with E-state index in [4.69, 9.17) is 4.74 Å². The van der Waals surface area contributed by atoms with E-state index in [0.717, 1.165) is 26.1 Å². The zero-order valence-electron chi connectivity index (χ0n) is 7.38. The fourth-order valence-electron chi connectivity index (χ4n) is 1.49. The lowest BCUT2D eigenvalue weighted by atomic mass is 10.1. The fourth-order valence-corrected chi connectivity index (χ4v) is 1.49. The Morgan fingerprint density at radius 3 is 3.00 bits per heavy atom. The van der Waals surface area contributed by atoms with E-state index in [-0.39, 0.29) is 12.1 Å². The van der Waals surface area contributed by atoms with E-state index in [1.54, 1.807) is 0 Å². The van der Waals surface area contributed by atoms with Crippen LogP contribution in [0.25, 0.3) is 0 Å². The maximum absolute atomic E-state index is 10.1. The van der Waals surface area contributed by atoms with Gasteiger partial charge in [0.1, 0.15) is 6.10 Å². The predicted molar refractivity (Wildman–Crippen MR) is 45.9 cm³/mol. The van der Waals surface area contributed by atoms with E-state index in [9.17, 15) is 4.79 Å². The molecule has 0 aromatic rings. The van der Waals surface area contributed by atoms with Crippen molar-refractivity contribution in [1.82, 2.24) is 10.6 Å². The first-order valence-corrected chi connectivity index (χ1v) is 4.41. The smallest absolute Gasteiger partial charge is 0.293 e. The van der Waals surface area contributed by atoms with Gasteiger partial charge in [0.2, 0.25) is 0 Å². The molecule has 1 aliphatic rings. The van der Waals surface area contributed by atoms with Crippen molar-refractivity contribution in [1.29, 1.82) is 0 Å². The molecule has 4 nitrogen and oxygen atoms in total. The van der Waals surface area contributed by atoms with Crippen LogP contribution in [0.4, 0.5) is 0 Å². The second-order valence-electron chi connectivity index (χ2n) is 2.94. The van der Waals surface area contributed by atoms with Crippen LogP contribution in [0.2, 0.25) is 0 Å². The van der Waals surface area contributed by atoms with Crippen molar-refractivity contribution in [3.05, 3.63) is 0 Å². The summed E-state index contributed by atoms with van der Waals surface area (Å²) in [6, 6.07) is 0.272. The highest BCUT2D eigenvalue weighted by Gasteiger charge is 2.22. The van der Waals surface area contributed by atoms with Crippen LogP contribution in [0.3, 0.4) is 0 Å². The number of carbonyl (C=O) groups is 1. The second kappa shape index (κ2) is 5.11. The van der Waals surface area contributed by atoms with Gasteiger partial charge in [-0.25, -0.2) is 0 Å². The van der Waals surface area contributed by atoms with Gasteiger partial charge >= 0.3 is 0 Å².